The topological polar surface area (TPSA) is 73.6 Å². The Hall–Kier alpha value is -2.50. The molecule has 0 bridgehead atoms. The molecule has 3 rings (SSSR count). The molecule has 0 spiro atoms. The minimum Gasteiger partial charge on any atom is -0.493 e. The Morgan fingerprint density at radius 2 is 2.04 bits per heavy atom. The molecule has 1 N–H and O–H groups in total. The third-order valence-corrected chi connectivity index (χ3v) is 4.54. The van der Waals surface area contributed by atoms with Crippen molar-refractivity contribution >= 4 is 5.91 Å². The average molecular weight is 344 g/mol. The number of carbonyl (C=O) groups excluding carboxylic acids is 1. The molecule has 0 radical (unpaired) electrons. The van der Waals surface area contributed by atoms with Crippen molar-refractivity contribution < 1.29 is 18.8 Å². The Kier molecular flexibility index (Phi) is 5.26. The maximum atomic E-state index is 12.3. The summed E-state index contributed by atoms with van der Waals surface area (Å²) in [5, 5.41) is 6.72. The van der Waals surface area contributed by atoms with Gasteiger partial charge in [-0.2, -0.15) is 0 Å². The van der Waals surface area contributed by atoms with Gasteiger partial charge in [-0.25, -0.2) is 0 Å². The molecule has 134 valence electrons. The first kappa shape index (κ1) is 17.3. The van der Waals surface area contributed by atoms with Gasteiger partial charge < -0.3 is 19.3 Å². The van der Waals surface area contributed by atoms with Gasteiger partial charge in [-0.3, -0.25) is 4.79 Å². The van der Waals surface area contributed by atoms with Crippen LogP contribution in [-0.4, -0.2) is 24.3 Å². The summed E-state index contributed by atoms with van der Waals surface area (Å²) in [6.45, 7) is 3.89. The summed E-state index contributed by atoms with van der Waals surface area (Å²) in [5.74, 6) is 1.78. The van der Waals surface area contributed by atoms with E-state index in [1.54, 1.807) is 21.0 Å². The second-order valence-corrected chi connectivity index (χ2v) is 6.39. The predicted molar refractivity (Wildman–Crippen MR) is 93.0 cm³/mol. The van der Waals surface area contributed by atoms with E-state index in [1.807, 2.05) is 18.2 Å². The molecular formula is C19H24N2O4. The second-order valence-electron chi connectivity index (χ2n) is 6.39. The van der Waals surface area contributed by atoms with Crippen LogP contribution >= 0.6 is 0 Å². The number of rotatable bonds is 6. The van der Waals surface area contributed by atoms with Crippen LogP contribution in [0, 0.1) is 13.8 Å². The van der Waals surface area contributed by atoms with Crippen molar-refractivity contribution in [3.63, 3.8) is 0 Å². The normalized spacial score (nSPS) is 14.5. The molecule has 1 aromatic heterocycles. The first-order valence-corrected chi connectivity index (χ1v) is 8.63. The molecule has 6 nitrogen and oxygen atoms in total. The van der Waals surface area contributed by atoms with Crippen LogP contribution in [0.3, 0.4) is 0 Å². The highest BCUT2D eigenvalue weighted by atomic mass is 16.5. The van der Waals surface area contributed by atoms with E-state index in [0.29, 0.717) is 29.3 Å². The minimum atomic E-state index is -0.190. The van der Waals surface area contributed by atoms with E-state index in [9.17, 15) is 4.79 Å². The van der Waals surface area contributed by atoms with E-state index in [1.165, 1.54) is 12.8 Å². The largest absolute Gasteiger partial charge is 0.493 e. The van der Waals surface area contributed by atoms with Gasteiger partial charge in [0.25, 0.3) is 5.91 Å². The molecule has 2 aromatic rings. The van der Waals surface area contributed by atoms with Crippen LogP contribution in [0.5, 0.6) is 11.5 Å². The summed E-state index contributed by atoms with van der Waals surface area (Å²) in [5.41, 5.74) is 2.04. The number of nitrogens with one attached hydrogen (secondary N) is 1. The summed E-state index contributed by atoms with van der Waals surface area (Å²) in [6, 6.07) is 5.74. The number of amides is 1. The zero-order chi connectivity index (χ0) is 17.8. The van der Waals surface area contributed by atoms with Crippen molar-refractivity contribution in [3.8, 4) is 11.5 Å². The number of hydrogen-bond acceptors (Lipinski definition) is 5. The van der Waals surface area contributed by atoms with Crippen LogP contribution < -0.4 is 14.8 Å². The van der Waals surface area contributed by atoms with Crippen LogP contribution in [0.4, 0.5) is 0 Å². The van der Waals surface area contributed by atoms with Gasteiger partial charge in [-0.05, 0) is 57.2 Å². The van der Waals surface area contributed by atoms with Gasteiger partial charge in [0.15, 0.2) is 11.5 Å². The Morgan fingerprint density at radius 3 is 2.68 bits per heavy atom. The molecule has 1 fully saturated rings. The third-order valence-electron chi connectivity index (χ3n) is 4.54. The number of methoxy groups -OCH3 is 1. The van der Waals surface area contributed by atoms with Crippen molar-refractivity contribution in [2.24, 2.45) is 0 Å². The predicted octanol–water partition coefficient (Wildman–Crippen LogP) is 3.55. The van der Waals surface area contributed by atoms with Crippen molar-refractivity contribution in [2.75, 3.05) is 7.11 Å². The Labute approximate surface area is 147 Å². The SMILES string of the molecule is COc1ccc(CNC(=O)c2c(C)noc2C)cc1OC1CCCC1. The van der Waals surface area contributed by atoms with Crippen LogP contribution in [0.25, 0.3) is 0 Å². The van der Waals surface area contributed by atoms with Crippen LogP contribution in [-0.2, 0) is 6.54 Å². The highest BCUT2D eigenvalue weighted by molar-refractivity contribution is 5.96. The van der Waals surface area contributed by atoms with E-state index in [4.69, 9.17) is 14.0 Å². The summed E-state index contributed by atoms with van der Waals surface area (Å²) >= 11 is 0. The fraction of sp³-hybridized carbons (Fsp3) is 0.474. The summed E-state index contributed by atoms with van der Waals surface area (Å²) in [4.78, 5) is 12.3. The molecule has 1 heterocycles. The summed E-state index contributed by atoms with van der Waals surface area (Å²) < 4.78 is 16.5. The number of aromatic nitrogens is 1. The van der Waals surface area contributed by atoms with Crippen LogP contribution in [0.1, 0.15) is 53.1 Å². The van der Waals surface area contributed by atoms with E-state index >= 15 is 0 Å². The van der Waals surface area contributed by atoms with E-state index < -0.39 is 0 Å². The minimum absolute atomic E-state index is 0.190. The molecule has 25 heavy (non-hydrogen) atoms. The van der Waals surface area contributed by atoms with E-state index in [2.05, 4.69) is 10.5 Å². The molecular weight excluding hydrogens is 320 g/mol. The van der Waals surface area contributed by atoms with Gasteiger partial charge in [-0.1, -0.05) is 11.2 Å². The number of carbonyl (C=O) groups is 1. The standard InChI is InChI=1S/C19H24N2O4/c1-12-18(13(2)25-21-12)19(22)20-11-14-8-9-16(23-3)17(10-14)24-15-6-4-5-7-15/h8-10,15H,4-7,11H2,1-3H3,(H,20,22). The van der Waals surface area contributed by atoms with E-state index in [-0.39, 0.29) is 12.0 Å². The lowest BCUT2D eigenvalue weighted by Gasteiger charge is -2.17. The Balaban J connectivity index is 1.68. The number of hydrogen-bond donors (Lipinski definition) is 1. The zero-order valence-electron chi connectivity index (χ0n) is 14.9. The Bertz CT molecular complexity index is 728. The van der Waals surface area contributed by atoms with Gasteiger partial charge in [0.1, 0.15) is 11.3 Å². The quantitative estimate of drug-likeness (QED) is 0.867. The number of nitrogens with zero attached hydrogens (tertiary/aromatic N) is 1. The fourth-order valence-corrected chi connectivity index (χ4v) is 3.19. The lowest BCUT2D eigenvalue weighted by atomic mass is 10.1. The second kappa shape index (κ2) is 7.59. The molecule has 0 saturated heterocycles. The van der Waals surface area contributed by atoms with Crippen molar-refractivity contribution in [1.82, 2.24) is 10.5 Å². The molecule has 0 unspecified atom stereocenters. The summed E-state index contributed by atoms with van der Waals surface area (Å²) in [6.07, 6.45) is 4.83. The molecule has 0 atom stereocenters. The van der Waals surface area contributed by atoms with Gasteiger partial charge >= 0.3 is 0 Å². The first-order valence-electron chi connectivity index (χ1n) is 8.63. The lowest BCUT2D eigenvalue weighted by Crippen LogP contribution is -2.24. The number of benzene rings is 1. The van der Waals surface area contributed by atoms with E-state index in [0.717, 1.165) is 24.2 Å². The molecule has 1 aliphatic rings. The van der Waals surface area contributed by atoms with Gasteiger partial charge in [0.05, 0.1) is 18.9 Å². The third kappa shape index (κ3) is 3.95. The highest BCUT2D eigenvalue weighted by Gasteiger charge is 2.20. The zero-order valence-corrected chi connectivity index (χ0v) is 14.9. The van der Waals surface area contributed by atoms with Crippen molar-refractivity contribution in [1.29, 1.82) is 0 Å². The maximum absolute atomic E-state index is 12.3. The summed E-state index contributed by atoms with van der Waals surface area (Å²) in [7, 11) is 1.63. The molecule has 1 aliphatic carbocycles. The molecule has 1 aromatic carbocycles. The number of ether oxygens (including phenoxy) is 2. The van der Waals surface area contributed by atoms with Gasteiger partial charge in [0, 0.05) is 6.54 Å². The monoisotopic (exact) mass is 344 g/mol. The van der Waals surface area contributed by atoms with Crippen molar-refractivity contribution in [2.45, 2.75) is 52.2 Å². The molecule has 0 aliphatic heterocycles. The lowest BCUT2D eigenvalue weighted by molar-refractivity contribution is 0.0948. The number of aryl methyl sites for hydroxylation is 2. The highest BCUT2D eigenvalue weighted by Crippen LogP contribution is 2.32. The van der Waals surface area contributed by atoms with Gasteiger partial charge in [0.2, 0.25) is 0 Å². The first-order chi connectivity index (χ1) is 12.1. The molecule has 1 saturated carbocycles. The smallest absolute Gasteiger partial charge is 0.257 e. The van der Waals surface area contributed by atoms with Crippen molar-refractivity contribution in [3.05, 3.63) is 40.8 Å². The maximum Gasteiger partial charge on any atom is 0.257 e. The Morgan fingerprint density at radius 1 is 1.28 bits per heavy atom. The van der Waals surface area contributed by atoms with Crippen LogP contribution in [0.2, 0.25) is 0 Å². The molecule has 1 amide bonds. The average Bonchev–Trinajstić information content (AvgIpc) is 3.23. The van der Waals surface area contributed by atoms with Gasteiger partial charge in [-0.15, -0.1) is 0 Å². The fourth-order valence-electron chi connectivity index (χ4n) is 3.19. The molecule has 6 heteroatoms. The van der Waals surface area contributed by atoms with Crippen LogP contribution in [0.15, 0.2) is 22.7 Å².